The Labute approximate surface area is 135 Å². The molecule has 0 radical (unpaired) electrons. The van der Waals surface area contributed by atoms with Crippen LogP contribution < -0.4 is 5.32 Å². The largest absolute Gasteiger partial charge is 0.338 e. The molecule has 6 nitrogen and oxygen atoms in total. The lowest BCUT2D eigenvalue weighted by atomic mass is 9.96. The third-order valence-electron chi connectivity index (χ3n) is 4.07. The van der Waals surface area contributed by atoms with Crippen molar-refractivity contribution in [1.29, 1.82) is 0 Å². The van der Waals surface area contributed by atoms with E-state index in [1.165, 1.54) is 0 Å². The molecule has 0 spiro atoms. The van der Waals surface area contributed by atoms with Gasteiger partial charge in [-0.25, -0.2) is 0 Å². The zero-order valence-electron chi connectivity index (χ0n) is 13.1. The van der Waals surface area contributed by atoms with Gasteiger partial charge in [-0.05, 0) is 25.0 Å². The van der Waals surface area contributed by atoms with Gasteiger partial charge >= 0.3 is 0 Å². The Hall–Kier alpha value is -2.63. The first-order valence-electron chi connectivity index (χ1n) is 7.77. The van der Waals surface area contributed by atoms with Crippen LogP contribution in [0.3, 0.4) is 0 Å². The summed E-state index contributed by atoms with van der Waals surface area (Å²) in [4.78, 5) is 26.6. The molecule has 23 heavy (non-hydrogen) atoms. The second-order valence-corrected chi connectivity index (χ2v) is 5.85. The average Bonchev–Trinajstić information content (AvgIpc) is 3.01. The molecule has 2 heterocycles. The van der Waals surface area contributed by atoms with Crippen molar-refractivity contribution in [2.75, 3.05) is 18.4 Å². The molecule has 1 aliphatic heterocycles. The van der Waals surface area contributed by atoms with E-state index in [1.807, 2.05) is 30.3 Å². The third-order valence-corrected chi connectivity index (χ3v) is 4.07. The van der Waals surface area contributed by atoms with Gasteiger partial charge in [0.2, 0.25) is 5.91 Å². The maximum Gasteiger partial charge on any atom is 0.257 e. The van der Waals surface area contributed by atoms with E-state index in [4.69, 9.17) is 0 Å². The van der Waals surface area contributed by atoms with Gasteiger partial charge in [-0.15, -0.1) is 0 Å². The van der Waals surface area contributed by atoms with Crippen molar-refractivity contribution < 1.29 is 9.59 Å². The Morgan fingerprint density at radius 2 is 2.04 bits per heavy atom. The summed E-state index contributed by atoms with van der Waals surface area (Å²) in [6, 6.07) is 9.40. The fourth-order valence-corrected chi connectivity index (χ4v) is 2.86. The predicted octanol–water partition coefficient (Wildman–Crippen LogP) is 1.91. The van der Waals surface area contributed by atoms with Gasteiger partial charge in [0.15, 0.2) is 0 Å². The van der Waals surface area contributed by atoms with Gasteiger partial charge in [-0.1, -0.05) is 18.2 Å². The number of aromatic nitrogens is 2. The molecule has 1 atom stereocenters. The summed E-state index contributed by atoms with van der Waals surface area (Å²) >= 11 is 0. The van der Waals surface area contributed by atoms with E-state index in [9.17, 15) is 9.59 Å². The molecule has 0 aliphatic carbocycles. The number of carbonyl (C=O) groups is 2. The van der Waals surface area contributed by atoms with Crippen molar-refractivity contribution in [1.82, 2.24) is 14.7 Å². The number of piperidine rings is 1. The Morgan fingerprint density at radius 3 is 2.74 bits per heavy atom. The quantitative estimate of drug-likeness (QED) is 0.941. The van der Waals surface area contributed by atoms with Crippen molar-refractivity contribution in [3.05, 3.63) is 48.3 Å². The van der Waals surface area contributed by atoms with E-state index in [1.54, 1.807) is 29.0 Å². The number of nitrogens with one attached hydrogen (secondary N) is 1. The molecule has 0 saturated carbocycles. The number of amides is 2. The molecule has 6 heteroatoms. The number of nitrogens with zero attached hydrogens (tertiary/aromatic N) is 3. The highest BCUT2D eigenvalue weighted by Gasteiger charge is 2.29. The highest BCUT2D eigenvalue weighted by molar-refractivity contribution is 5.96. The van der Waals surface area contributed by atoms with Crippen LogP contribution in [0.15, 0.2) is 42.7 Å². The van der Waals surface area contributed by atoms with Crippen LogP contribution in [0.5, 0.6) is 0 Å². The summed E-state index contributed by atoms with van der Waals surface area (Å²) in [5.74, 6) is -0.264. The second kappa shape index (κ2) is 6.64. The molecule has 1 saturated heterocycles. The van der Waals surface area contributed by atoms with Crippen LogP contribution in [0, 0.1) is 5.92 Å². The molecular weight excluding hydrogens is 292 g/mol. The zero-order valence-corrected chi connectivity index (χ0v) is 13.1. The van der Waals surface area contributed by atoms with Crippen LogP contribution in [0.2, 0.25) is 0 Å². The summed E-state index contributed by atoms with van der Waals surface area (Å²) in [7, 11) is 1.78. The summed E-state index contributed by atoms with van der Waals surface area (Å²) in [5.41, 5.74) is 1.35. The van der Waals surface area contributed by atoms with Gasteiger partial charge in [0.25, 0.3) is 5.91 Å². The number of rotatable bonds is 3. The zero-order chi connectivity index (χ0) is 16.2. The van der Waals surface area contributed by atoms with Crippen molar-refractivity contribution in [3.8, 4) is 0 Å². The number of hydrogen-bond acceptors (Lipinski definition) is 3. The van der Waals surface area contributed by atoms with Crippen LogP contribution in [0.1, 0.15) is 23.2 Å². The number of carbonyl (C=O) groups excluding carboxylic acids is 2. The molecule has 2 amide bonds. The molecule has 1 N–H and O–H groups in total. The first-order valence-corrected chi connectivity index (χ1v) is 7.77. The summed E-state index contributed by atoms with van der Waals surface area (Å²) < 4.78 is 1.61. The number of likely N-dealkylation sites (tertiary alicyclic amines) is 1. The SMILES string of the molecule is Cn1cc(C(=O)N2CCC[C@@H](C(=O)Nc3ccccc3)C2)cn1. The molecule has 1 aromatic carbocycles. The van der Waals surface area contributed by atoms with Crippen molar-refractivity contribution in [3.63, 3.8) is 0 Å². The Balaban J connectivity index is 1.63. The van der Waals surface area contributed by atoms with Gasteiger partial charge in [0.05, 0.1) is 17.7 Å². The number of para-hydroxylation sites is 1. The minimum Gasteiger partial charge on any atom is -0.338 e. The fraction of sp³-hybridized carbons (Fsp3) is 0.353. The van der Waals surface area contributed by atoms with E-state index in [0.717, 1.165) is 18.5 Å². The highest BCUT2D eigenvalue weighted by Crippen LogP contribution is 2.20. The topological polar surface area (TPSA) is 67.2 Å². The van der Waals surface area contributed by atoms with Crippen LogP contribution in [-0.4, -0.2) is 39.6 Å². The molecule has 1 aliphatic rings. The minimum atomic E-state index is -0.176. The summed E-state index contributed by atoms with van der Waals surface area (Å²) in [6.45, 7) is 1.13. The first-order chi connectivity index (χ1) is 11.1. The molecule has 3 rings (SSSR count). The lowest BCUT2D eigenvalue weighted by Gasteiger charge is -2.31. The first kappa shape index (κ1) is 15.3. The van der Waals surface area contributed by atoms with E-state index in [2.05, 4.69) is 10.4 Å². The molecule has 1 aromatic heterocycles. The minimum absolute atomic E-state index is 0.0279. The summed E-state index contributed by atoms with van der Waals surface area (Å²) in [5, 5.41) is 6.95. The molecule has 0 bridgehead atoms. The normalized spacial score (nSPS) is 17.8. The van der Waals surface area contributed by atoms with Gasteiger partial charge in [-0.2, -0.15) is 5.10 Å². The fourth-order valence-electron chi connectivity index (χ4n) is 2.86. The van der Waals surface area contributed by atoms with Crippen LogP contribution in [0.4, 0.5) is 5.69 Å². The molecule has 120 valence electrons. The predicted molar refractivity (Wildman–Crippen MR) is 86.9 cm³/mol. The van der Waals surface area contributed by atoms with Crippen molar-refractivity contribution in [2.24, 2.45) is 13.0 Å². The van der Waals surface area contributed by atoms with Crippen molar-refractivity contribution in [2.45, 2.75) is 12.8 Å². The molecule has 2 aromatic rings. The monoisotopic (exact) mass is 312 g/mol. The Morgan fingerprint density at radius 1 is 1.26 bits per heavy atom. The van der Waals surface area contributed by atoms with E-state index < -0.39 is 0 Å². The van der Waals surface area contributed by atoms with Crippen LogP contribution in [0.25, 0.3) is 0 Å². The lowest BCUT2D eigenvalue weighted by Crippen LogP contribution is -2.43. The van der Waals surface area contributed by atoms with Crippen LogP contribution >= 0.6 is 0 Å². The van der Waals surface area contributed by atoms with E-state index in [-0.39, 0.29) is 17.7 Å². The summed E-state index contributed by atoms with van der Waals surface area (Å²) in [6.07, 6.45) is 4.90. The number of aryl methyl sites for hydroxylation is 1. The van der Waals surface area contributed by atoms with Gasteiger partial charge in [0, 0.05) is 32.0 Å². The number of anilines is 1. The highest BCUT2D eigenvalue weighted by atomic mass is 16.2. The standard InChI is InChI=1S/C17H20N4O2/c1-20-11-14(10-18-20)17(23)21-9-5-6-13(12-21)16(22)19-15-7-3-2-4-8-15/h2-4,7-8,10-11,13H,5-6,9,12H2,1H3,(H,19,22)/t13-/m1/s1. The number of benzene rings is 1. The lowest BCUT2D eigenvalue weighted by molar-refractivity contribution is -0.121. The average molecular weight is 312 g/mol. The maximum absolute atomic E-state index is 12.5. The Kier molecular flexibility index (Phi) is 4.41. The maximum atomic E-state index is 12.5. The van der Waals surface area contributed by atoms with Gasteiger partial charge in [-0.3, -0.25) is 14.3 Å². The van der Waals surface area contributed by atoms with Gasteiger partial charge in [0.1, 0.15) is 0 Å². The van der Waals surface area contributed by atoms with Gasteiger partial charge < -0.3 is 10.2 Å². The molecule has 0 unspecified atom stereocenters. The molecule has 1 fully saturated rings. The second-order valence-electron chi connectivity index (χ2n) is 5.85. The van der Waals surface area contributed by atoms with E-state index >= 15 is 0 Å². The van der Waals surface area contributed by atoms with Crippen molar-refractivity contribution >= 4 is 17.5 Å². The van der Waals surface area contributed by atoms with Crippen LogP contribution in [-0.2, 0) is 11.8 Å². The molecular formula is C17H20N4O2. The Bertz CT molecular complexity index is 696. The van der Waals surface area contributed by atoms with E-state index in [0.29, 0.717) is 18.7 Å². The smallest absolute Gasteiger partial charge is 0.257 e. The third kappa shape index (κ3) is 3.59. The number of hydrogen-bond donors (Lipinski definition) is 1.